The highest BCUT2D eigenvalue weighted by atomic mass is 16.5. The Morgan fingerprint density at radius 1 is 0.186 bits per heavy atom. The number of benzene rings is 8. The smallest absolute Gasteiger partial charge is 0.323 e. The summed E-state index contributed by atoms with van der Waals surface area (Å²) >= 11 is 0. The Balaban J connectivity index is 1.05. The van der Waals surface area contributed by atoms with Crippen LogP contribution in [0.3, 0.4) is 0 Å². The van der Waals surface area contributed by atoms with Gasteiger partial charge in [0.25, 0.3) is 0 Å². The van der Waals surface area contributed by atoms with Crippen LogP contribution in [0.5, 0.6) is 69.0 Å². The van der Waals surface area contributed by atoms with E-state index in [4.69, 9.17) is 56.8 Å². The van der Waals surface area contributed by atoms with E-state index in [1.54, 1.807) is 0 Å². The summed E-state index contributed by atoms with van der Waals surface area (Å²) in [6.45, 7) is 14.1. The Hall–Kier alpha value is -11.6. The number of carbonyl (C=O) groups excluding carboxylic acids is 4. The molecule has 24 nitrogen and oxygen atoms in total. The van der Waals surface area contributed by atoms with E-state index < -0.39 is 24.1 Å². The zero-order valence-corrected chi connectivity index (χ0v) is 84.5. The lowest BCUT2D eigenvalue weighted by Crippen LogP contribution is -2.21. The quantitative estimate of drug-likeness (QED) is 0.0329. The molecule has 4 aliphatic heterocycles. The second kappa shape index (κ2) is 59.9. The monoisotopic (exact) mass is 1920 g/mol. The van der Waals surface area contributed by atoms with Crippen molar-refractivity contribution in [3.63, 3.8) is 0 Å². The van der Waals surface area contributed by atoms with Crippen LogP contribution in [0.2, 0.25) is 0 Å². The minimum absolute atomic E-state index is 0.138. The Labute approximate surface area is 833 Å². The molecule has 8 aromatic rings. The minimum Gasteiger partial charge on any atom is -0.493 e. The number of rotatable bonds is 20. The average Bonchev–Trinajstić information content (AvgIpc) is 0.768. The first-order valence-electron chi connectivity index (χ1n) is 53.9. The van der Waals surface area contributed by atoms with Gasteiger partial charge in [0.15, 0.2) is 0 Å². The fraction of sp³-hybridized carbons (Fsp3) is 0.552. The molecule has 760 valence electrons. The summed E-state index contributed by atoms with van der Waals surface area (Å²) in [5.41, 5.74) is 9.41. The first-order chi connectivity index (χ1) is 68.8. The van der Waals surface area contributed by atoms with Gasteiger partial charge >= 0.3 is 24.1 Å². The van der Waals surface area contributed by atoms with E-state index in [2.05, 4.69) is 70.2 Å². The summed E-state index contributed by atoms with van der Waals surface area (Å²) in [6.07, 6.45) is 43.3. The van der Waals surface area contributed by atoms with E-state index >= 15 is 19.2 Å². The minimum atomic E-state index is -0.508. The van der Waals surface area contributed by atoms with Crippen molar-refractivity contribution in [2.45, 2.75) is 336 Å². The number of ether oxygens (including phenoxy) is 12. The van der Waals surface area contributed by atoms with Crippen LogP contribution >= 0.6 is 0 Å². The molecule has 0 saturated carbocycles. The lowest BCUT2D eigenvalue weighted by molar-refractivity contribution is 0.261. The maximum Gasteiger partial charge on any atom is 0.323 e. The van der Waals surface area contributed by atoms with Crippen LogP contribution < -0.4 is 99.4 Å². The lowest BCUT2D eigenvalue weighted by atomic mass is 9.90. The molecule has 24 bridgehead atoms. The van der Waals surface area contributed by atoms with Crippen molar-refractivity contribution in [2.24, 2.45) is 0 Å². The highest BCUT2D eigenvalue weighted by molar-refractivity contribution is 6.03. The van der Waals surface area contributed by atoms with Crippen molar-refractivity contribution in [1.82, 2.24) is 0 Å². The Kier molecular flexibility index (Phi) is 45.2. The molecule has 8 N–H and O–H groups in total. The zero-order chi connectivity index (χ0) is 97.2. The topological polar surface area (TPSA) is 275 Å². The Bertz CT molecular complexity index is 4310. The average molecular weight is 1920 g/mol. The van der Waals surface area contributed by atoms with E-state index in [1.165, 1.54) is 0 Å². The third-order valence-corrected chi connectivity index (χ3v) is 26.4. The normalized spacial score (nSPS) is 16.9. The number of fused-ring (bicyclic) bond motifs is 16. The molecule has 0 unspecified atom stereocenters. The van der Waals surface area contributed by atoms with Gasteiger partial charge in [0.1, 0.15) is 69.0 Å². The third-order valence-electron chi connectivity index (χ3n) is 26.4. The molecule has 0 atom stereocenters. The van der Waals surface area contributed by atoms with Crippen LogP contribution in [0.1, 0.15) is 355 Å². The van der Waals surface area contributed by atoms with Gasteiger partial charge in [-0.3, -0.25) is 0 Å². The van der Waals surface area contributed by atoms with Gasteiger partial charge in [-0.2, -0.15) is 0 Å². The summed E-state index contributed by atoms with van der Waals surface area (Å²) in [6, 6.07) is 36.6. The molecule has 13 rings (SSSR count). The summed E-state index contributed by atoms with van der Waals surface area (Å²) in [4.78, 5) is 62.1. The highest BCUT2D eigenvalue weighted by Crippen LogP contribution is 2.45. The number of carbonyl (C=O) groups is 4. The second-order valence-electron chi connectivity index (χ2n) is 38.6. The van der Waals surface area contributed by atoms with E-state index in [0.29, 0.717) is 238 Å². The van der Waals surface area contributed by atoms with Crippen molar-refractivity contribution >= 4 is 69.6 Å². The molecule has 140 heavy (non-hydrogen) atoms. The number of anilines is 8. The van der Waals surface area contributed by atoms with Crippen LogP contribution in [-0.2, 0) is 25.7 Å². The molecule has 8 aromatic carbocycles. The summed E-state index contributed by atoms with van der Waals surface area (Å²) in [5.74, 6) is 7.08. The molecule has 4 heterocycles. The fourth-order valence-electron chi connectivity index (χ4n) is 19.0. The van der Waals surface area contributed by atoms with Crippen molar-refractivity contribution in [1.29, 1.82) is 0 Å². The Morgan fingerprint density at radius 2 is 0.321 bits per heavy atom. The van der Waals surface area contributed by atoms with Gasteiger partial charge < -0.3 is 99.4 Å². The maximum atomic E-state index is 15.5. The van der Waals surface area contributed by atoms with Gasteiger partial charge in [0, 0.05) is 188 Å². The SMILES string of the molecule is CCCCCOc1c2cc3cc1Cc1cc4cc(c1OCCCCC)Cc1cc5cc(c1OCCCCC)Cc1cc(cc(c1OCCCCC)C2)NC(=O)Nc1cc2cc(c1)OCCCCCCCCCCOc1cc(cc(c1)OCCCCCCCCCCOc1cc(cc(c1)OCCCCCCCCCCOc1cc(cc(c1)OCCCCCCCCCCO2)NC(=O)N3)NC(=O)N4)NC(=O)N5. The van der Waals surface area contributed by atoms with Gasteiger partial charge in [-0.1, -0.05) is 233 Å². The number of urea groups is 4. The van der Waals surface area contributed by atoms with E-state index in [1.807, 2.05) is 121 Å². The first kappa shape index (κ1) is 106. The van der Waals surface area contributed by atoms with Crippen LogP contribution in [0.25, 0.3) is 0 Å². The zero-order valence-electron chi connectivity index (χ0n) is 84.5. The molecule has 1 aliphatic carbocycles. The largest absolute Gasteiger partial charge is 0.493 e. The van der Waals surface area contributed by atoms with E-state index in [-0.39, 0.29) is 25.7 Å². The van der Waals surface area contributed by atoms with Gasteiger partial charge in [-0.05, 0) is 126 Å². The predicted octanol–water partition coefficient (Wildman–Crippen LogP) is 30.8. The van der Waals surface area contributed by atoms with Gasteiger partial charge in [-0.15, -0.1) is 0 Å². The number of unbranched alkanes of at least 4 members (excludes halogenated alkanes) is 8. The summed E-state index contributed by atoms with van der Waals surface area (Å²) in [5, 5.41) is 26.3. The van der Waals surface area contributed by atoms with Gasteiger partial charge in [0.2, 0.25) is 0 Å². The van der Waals surface area contributed by atoms with Crippen molar-refractivity contribution < 1.29 is 76.0 Å². The van der Waals surface area contributed by atoms with Crippen molar-refractivity contribution in [3.8, 4) is 69.0 Å². The van der Waals surface area contributed by atoms with Crippen LogP contribution in [0, 0.1) is 0 Å². The lowest BCUT2D eigenvalue weighted by Gasteiger charge is -2.25. The molecule has 5 aliphatic rings. The van der Waals surface area contributed by atoms with E-state index in [9.17, 15) is 0 Å². The van der Waals surface area contributed by atoms with Gasteiger partial charge in [-0.25, -0.2) is 19.2 Å². The van der Waals surface area contributed by atoms with Crippen LogP contribution in [-0.4, -0.2) is 103 Å². The molecule has 0 radical (unpaired) electrons. The number of hydrogen-bond donors (Lipinski definition) is 8. The number of hydrogen-bond acceptors (Lipinski definition) is 16. The third kappa shape index (κ3) is 36.8. The molecule has 8 amide bonds. The highest BCUT2D eigenvalue weighted by Gasteiger charge is 2.29. The molecule has 0 spiro atoms. The molecule has 0 fully saturated rings. The molecular formula is C116H160N8O16. The number of amides is 8. The van der Waals surface area contributed by atoms with Crippen molar-refractivity contribution in [3.05, 3.63) is 166 Å². The van der Waals surface area contributed by atoms with Crippen LogP contribution in [0.15, 0.2) is 121 Å². The van der Waals surface area contributed by atoms with Crippen LogP contribution in [0.4, 0.5) is 64.7 Å². The molecular weight excluding hydrogens is 1760 g/mol. The standard InChI is InChI=1S/C116H160N8O16/c1-5-9-37-57-137-109-85-61-87-67-94-69-89(110(87)138-58-38-10-6-2)63-91-71-96-72-92(112(91)140-60-40-12-8-4)64-90-70-95-68-88(111(90)139-59-39-11-7-3)62-86(109)66-93(65-85)117-113(125)121-97-73-101-81-102(74-97)130-50-42-30-22-14-16-24-32-44-52-132-104-76-99(123-115(127)119-95)78-106(83-104)134-54-46-34-26-18-20-28-36-48-56-136-108-80-100(124-116(128)120-96)79-107(84-108)135-55-47-35-27-19-17-25-33-45-53-133-105-77-98(122-114(126)118-94)75-103(82-105)131-51-43-31-23-15-13-21-29-41-49-129-101/h65-84H,5-64H2,1-4H3,(H2,117,121,125)(H2,118,122,126)(H2,119,123,127)(H2,120,124,128). The maximum absolute atomic E-state index is 15.5. The second-order valence-corrected chi connectivity index (χ2v) is 38.6. The summed E-state index contributed by atoms with van der Waals surface area (Å²) in [7, 11) is 0. The predicted molar refractivity (Wildman–Crippen MR) is 565 cm³/mol. The molecule has 24 heteroatoms. The Morgan fingerprint density at radius 3 is 0.464 bits per heavy atom. The first-order valence-corrected chi connectivity index (χ1v) is 53.9. The summed E-state index contributed by atoms with van der Waals surface area (Å²) < 4.78 is 82.5. The molecule has 0 saturated heterocycles. The van der Waals surface area contributed by atoms with E-state index in [0.717, 1.165) is 283 Å². The van der Waals surface area contributed by atoms with Gasteiger partial charge in [0.05, 0.1) is 79.3 Å². The fourth-order valence-corrected chi connectivity index (χ4v) is 19.0. The van der Waals surface area contributed by atoms with Crippen molar-refractivity contribution in [2.75, 3.05) is 122 Å². The molecule has 0 aromatic heterocycles. The number of nitrogens with one attached hydrogen (secondary N) is 8.